The molecule has 0 aromatic carbocycles. The molecule has 3 heteroatoms. The van der Waals surface area contributed by atoms with Crippen molar-refractivity contribution in [3.63, 3.8) is 0 Å². The molecule has 1 saturated carbocycles. The van der Waals surface area contributed by atoms with Crippen molar-refractivity contribution >= 4 is 11.6 Å². The Morgan fingerprint density at radius 3 is 2.79 bits per heavy atom. The van der Waals surface area contributed by atoms with Crippen molar-refractivity contribution in [3.05, 3.63) is 28.5 Å². The minimum absolute atomic E-state index is 0.479. The van der Waals surface area contributed by atoms with Gasteiger partial charge in [-0.25, -0.2) is 4.98 Å². The van der Waals surface area contributed by atoms with Crippen LogP contribution in [0.4, 0.5) is 0 Å². The van der Waals surface area contributed by atoms with Crippen LogP contribution >= 0.6 is 11.6 Å². The van der Waals surface area contributed by atoms with Crippen LogP contribution in [0.25, 0.3) is 0 Å². The third-order valence-electron chi connectivity index (χ3n) is 2.98. The third-order valence-corrected chi connectivity index (χ3v) is 3.32. The molecular weight excluding hydrogens is 196 g/mol. The predicted molar refractivity (Wildman–Crippen MR) is 58.3 cm³/mol. The van der Waals surface area contributed by atoms with E-state index in [4.69, 9.17) is 17.3 Å². The second-order valence-corrected chi connectivity index (χ2v) is 4.26. The summed E-state index contributed by atoms with van der Waals surface area (Å²) in [4.78, 5) is 4.18. The summed E-state index contributed by atoms with van der Waals surface area (Å²) in [6, 6.07) is 2.12. The zero-order valence-corrected chi connectivity index (χ0v) is 8.93. The van der Waals surface area contributed by atoms with Gasteiger partial charge in [-0.3, -0.25) is 0 Å². The lowest BCUT2D eigenvalue weighted by Crippen LogP contribution is -2.02. The van der Waals surface area contributed by atoms with Crippen molar-refractivity contribution in [3.8, 4) is 0 Å². The van der Waals surface area contributed by atoms with Crippen LogP contribution in [0.15, 0.2) is 12.3 Å². The lowest BCUT2D eigenvalue weighted by molar-refractivity contribution is 0.717. The maximum Gasteiger partial charge on any atom is 0.133 e. The average Bonchev–Trinajstić information content (AvgIpc) is 2.71. The van der Waals surface area contributed by atoms with Crippen LogP contribution in [-0.4, -0.2) is 4.98 Å². The van der Waals surface area contributed by atoms with Gasteiger partial charge < -0.3 is 5.73 Å². The van der Waals surface area contributed by atoms with Crippen molar-refractivity contribution < 1.29 is 0 Å². The van der Waals surface area contributed by atoms with Gasteiger partial charge in [0.1, 0.15) is 5.15 Å². The highest BCUT2D eigenvalue weighted by atomic mass is 35.5. The number of hydrogen-bond acceptors (Lipinski definition) is 2. The molecule has 1 aromatic heterocycles. The van der Waals surface area contributed by atoms with Crippen LogP contribution < -0.4 is 5.73 Å². The fraction of sp³-hybridized carbons (Fsp3) is 0.545. The van der Waals surface area contributed by atoms with E-state index in [1.165, 1.54) is 31.2 Å². The van der Waals surface area contributed by atoms with Gasteiger partial charge in [0, 0.05) is 18.3 Å². The van der Waals surface area contributed by atoms with Crippen molar-refractivity contribution in [2.75, 3.05) is 0 Å². The van der Waals surface area contributed by atoms with E-state index in [0.29, 0.717) is 17.6 Å². The minimum atomic E-state index is 0.479. The molecule has 0 radical (unpaired) electrons. The lowest BCUT2D eigenvalue weighted by atomic mass is 9.98. The summed E-state index contributed by atoms with van der Waals surface area (Å²) in [7, 11) is 0. The molecule has 2 N–H and O–H groups in total. The standard InChI is InChI=1S/C11H15ClN2/c12-11-9(6-13)5-10(7-14-11)8-3-1-2-4-8/h5,7-8H,1-4,6,13H2. The largest absolute Gasteiger partial charge is 0.326 e. The second-order valence-electron chi connectivity index (χ2n) is 3.90. The van der Waals surface area contributed by atoms with E-state index < -0.39 is 0 Å². The van der Waals surface area contributed by atoms with Crippen molar-refractivity contribution in [1.29, 1.82) is 0 Å². The summed E-state index contributed by atoms with van der Waals surface area (Å²) in [6.45, 7) is 0.479. The molecule has 1 aliphatic rings. The molecule has 0 atom stereocenters. The first kappa shape index (κ1) is 9.94. The van der Waals surface area contributed by atoms with Gasteiger partial charge in [-0.2, -0.15) is 0 Å². The number of halogens is 1. The molecule has 2 rings (SSSR count). The summed E-state index contributed by atoms with van der Waals surface area (Å²) in [5.74, 6) is 0.685. The number of aromatic nitrogens is 1. The minimum Gasteiger partial charge on any atom is -0.326 e. The Bertz CT molecular complexity index is 319. The van der Waals surface area contributed by atoms with Gasteiger partial charge in [0.15, 0.2) is 0 Å². The Morgan fingerprint density at radius 2 is 2.14 bits per heavy atom. The predicted octanol–water partition coefficient (Wildman–Crippen LogP) is 2.85. The Hall–Kier alpha value is -0.600. The van der Waals surface area contributed by atoms with E-state index in [2.05, 4.69) is 11.1 Å². The van der Waals surface area contributed by atoms with Crippen molar-refractivity contribution in [2.45, 2.75) is 38.1 Å². The summed E-state index contributed by atoms with van der Waals surface area (Å²) in [6.07, 6.45) is 7.15. The van der Waals surface area contributed by atoms with Crippen molar-refractivity contribution in [2.24, 2.45) is 5.73 Å². The van der Waals surface area contributed by atoms with Crippen LogP contribution in [0.3, 0.4) is 0 Å². The first-order valence-electron chi connectivity index (χ1n) is 5.15. The van der Waals surface area contributed by atoms with Crippen LogP contribution in [0.2, 0.25) is 5.15 Å². The number of rotatable bonds is 2. The number of pyridine rings is 1. The van der Waals surface area contributed by atoms with Gasteiger partial charge in [0.2, 0.25) is 0 Å². The topological polar surface area (TPSA) is 38.9 Å². The first-order chi connectivity index (χ1) is 6.81. The molecule has 1 fully saturated rings. The highest BCUT2D eigenvalue weighted by Crippen LogP contribution is 2.34. The summed E-state index contributed by atoms with van der Waals surface area (Å²) in [5.41, 5.74) is 7.87. The van der Waals surface area contributed by atoms with Gasteiger partial charge in [0.25, 0.3) is 0 Å². The fourth-order valence-corrected chi connectivity index (χ4v) is 2.32. The van der Waals surface area contributed by atoms with Gasteiger partial charge in [0.05, 0.1) is 0 Å². The lowest BCUT2D eigenvalue weighted by Gasteiger charge is -2.10. The number of nitrogens with zero attached hydrogens (tertiary/aromatic N) is 1. The molecule has 0 aliphatic heterocycles. The smallest absolute Gasteiger partial charge is 0.133 e. The molecule has 1 heterocycles. The summed E-state index contributed by atoms with van der Waals surface area (Å²) < 4.78 is 0. The number of nitrogens with two attached hydrogens (primary N) is 1. The molecule has 14 heavy (non-hydrogen) atoms. The van der Waals surface area contributed by atoms with E-state index in [1.54, 1.807) is 0 Å². The molecule has 1 aromatic rings. The van der Waals surface area contributed by atoms with E-state index in [9.17, 15) is 0 Å². The average molecular weight is 211 g/mol. The molecule has 0 amide bonds. The monoisotopic (exact) mass is 210 g/mol. The summed E-state index contributed by atoms with van der Waals surface area (Å²) in [5, 5.41) is 0.550. The molecule has 0 bridgehead atoms. The van der Waals surface area contributed by atoms with E-state index in [-0.39, 0.29) is 0 Å². The Labute approximate surface area is 89.5 Å². The maximum absolute atomic E-state index is 5.91. The Kier molecular flexibility index (Phi) is 3.04. The van der Waals surface area contributed by atoms with E-state index in [0.717, 1.165) is 5.56 Å². The molecule has 0 unspecified atom stereocenters. The normalized spacial score (nSPS) is 17.6. The van der Waals surface area contributed by atoms with Crippen LogP contribution in [-0.2, 0) is 6.54 Å². The van der Waals surface area contributed by atoms with E-state index in [1.807, 2.05) is 6.20 Å². The van der Waals surface area contributed by atoms with Gasteiger partial charge in [-0.1, -0.05) is 24.4 Å². The molecule has 1 aliphatic carbocycles. The van der Waals surface area contributed by atoms with Crippen molar-refractivity contribution in [1.82, 2.24) is 4.98 Å². The SMILES string of the molecule is NCc1cc(C2CCCC2)cnc1Cl. The highest BCUT2D eigenvalue weighted by Gasteiger charge is 2.18. The van der Waals surface area contributed by atoms with Crippen LogP contribution in [0.1, 0.15) is 42.7 Å². The highest BCUT2D eigenvalue weighted by molar-refractivity contribution is 6.30. The molecule has 2 nitrogen and oxygen atoms in total. The van der Waals surface area contributed by atoms with Crippen LogP contribution in [0, 0.1) is 0 Å². The van der Waals surface area contributed by atoms with E-state index >= 15 is 0 Å². The van der Waals surface area contributed by atoms with Gasteiger partial charge >= 0.3 is 0 Å². The number of hydrogen-bond donors (Lipinski definition) is 1. The van der Waals surface area contributed by atoms with Gasteiger partial charge in [-0.05, 0) is 30.4 Å². The molecule has 0 saturated heterocycles. The zero-order chi connectivity index (χ0) is 9.97. The molecular formula is C11H15ClN2. The van der Waals surface area contributed by atoms with Crippen LogP contribution in [0.5, 0.6) is 0 Å². The quantitative estimate of drug-likeness (QED) is 0.763. The fourth-order valence-electron chi connectivity index (χ4n) is 2.14. The third kappa shape index (κ3) is 1.91. The van der Waals surface area contributed by atoms with Gasteiger partial charge in [-0.15, -0.1) is 0 Å². The molecule has 76 valence electrons. The Morgan fingerprint density at radius 1 is 1.43 bits per heavy atom. The first-order valence-corrected chi connectivity index (χ1v) is 5.53. The summed E-state index contributed by atoms with van der Waals surface area (Å²) >= 11 is 5.91. The zero-order valence-electron chi connectivity index (χ0n) is 8.17. The molecule has 0 spiro atoms. The second kappa shape index (κ2) is 4.28. The maximum atomic E-state index is 5.91. The Balaban J connectivity index is 2.25.